The lowest BCUT2D eigenvalue weighted by Crippen LogP contribution is -2.30. The predicted molar refractivity (Wildman–Crippen MR) is 91.3 cm³/mol. The molecule has 0 fully saturated rings. The molecule has 0 radical (unpaired) electrons. The van der Waals surface area contributed by atoms with Crippen molar-refractivity contribution in [3.05, 3.63) is 76.1 Å². The predicted octanol–water partition coefficient (Wildman–Crippen LogP) is 3.07. The van der Waals surface area contributed by atoms with Crippen LogP contribution in [0.4, 0.5) is 0 Å². The van der Waals surface area contributed by atoms with E-state index in [0.717, 1.165) is 5.56 Å². The molecule has 5 heteroatoms. The largest absolute Gasteiger partial charge is 0.496 e. The second kappa shape index (κ2) is 6.58. The third-order valence-electron chi connectivity index (χ3n) is 3.82. The fraction of sp³-hybridized carbons (Fsp3) is 0.158. The minimum atomic E-state index is -0.634. The van der Waals surface area contributed by atoms with E-state index in [1.807, 2.05) is 30.3 Å². The number of hydrogen-bond donors (Lipinski definition) is 0. The molecule has 0 aliphatic heterocycles. The fourth-order valence-corrected chi connectivity index (χ4v) is 2.58. The summed E-state index contributed by atoms with van der Waals surface area (Å²) in [4.78, 5) is 26.2. The summed E-state index contributed by atoms with van der Waals surface area (Å²) < 4.78 is 10.5. The second-order valence-electron chi connectivity index (χ2n) is 5.46. The van der Waals surface area contributed by atoms with E-state index in [4.69, 9.17) is 9.15 Å². The van der Waals surface area contributed by atoms with Gasteiger partial charge in [0, 0.05) is 24.5 Å². The van der Waals surface area contributed by atoms with Gasteiger partial charge < -0.3 is 14.1 Å². The summed E-state index contributed by atoms with van der Waals surface area (Å²) in [5, 5.41) is 0.714. The zero-order chi connectivity index (χ0) is 17.1. The number of amides is 1. The molecule has 1 amide bonds. The number of rotatable bonds is 4. The standard InChI is InChI=1S/C19H17NO4/c1-20(12-14-8-4-5-9-16(14)23-2)18(21)15-11-13-7-3-6-10-17(13)24-19(15)22/h3-11H,12H2,1-2H3. The molecule has 24 heavy (non-hydrogen) atoms. The Balaban J connectivity index is 1.91. The third-order valence-corrected chi connectivity index (χ3v) is 3.82. The van der Waals surface area contributed by atoms with Gasteiger partial charge in [-0.05, 0) is 18.2 Å². The van der Waals surface area contributed by atoms with Gasteiger partial charge in [0.25, 0.3) is 5.91 Å². The SMILES string of the molecule is COc1ccccc1CN(C)C(=O)c1cc2ccccc2oc1=O. The maximum Gasteiger partial charge on any atom is 0.349 e. The van der Waals surface area contributed by atoms with Crippen LogP contribution in [-0.4, -0.2) is 25.0 Å². The average molecular weight is 323 g/mol. The van der Waals surface area contributed by atoms with Crippen LogP contribution in [0.1, 0.15) is 15.9 Å². The van der Waals surface area contributed by atoms with Crippen molar-refractivity contribution in [2.75, 3.05) is 14.2 Å². The van der Waals surface area contributed by atoms with E-state index in [1.54, 1.807) is 38.4 Å². The zero-order valence-electron chi connectivity index (χ0n) is 13.5. The molecule has 0 bridgehead atoms. The fourth-order valence-electron chi connectivity index (χ4n) is 2.58. The van der Waals surface area contributed by atoms with Crippen LogP contribution in [0.5, 0.6) is 5.75 Å². The van der Waals surface area contributed by atoms with E-state index >= 15 is 0 Å². The Hall–Kier alpha value is -3.08. The molecule has 3 rings (SSSR count). The molecule has 1 aromatic heterocycles. The van der Waals surface area contributed by atoms with Gasteiger partial charge >= 0.3 is 5.63 Å². The molecular formula is C19H17NO4. The van der Waals surface area contributed by atoms with Crippen LogP contribution in [0.15, 0.2) is 63.8 Å². The first kappa shape index (κ1) is 15.8. The van der Waals surface area contributed by atoms with Crippen LogP contribution >= 0.6 is 0 Å². The molecule has 122 valence electrons. The first-order valence-corrected chi connectivity index (χ1v) is 7.50. The van der Waals surface area contributed by atoms with Crippen LogP contribution in [0.2, 0.25) is 0 Å². The van der Waals surface area contributed by atoms with Crippen molar-refractivity contribution >= 4 is 16.9 Å². The summed E-state index contributed by atoms with van der Waals surface area (Å²) in [6.45, 7) is 0.328. The van der Waals surface area contributed by atoms with E-state index in [2.05, 4.69) is 0 Å². The van der Waals surface area contributed by atoms with E-state index in [1.165, 1.54) is 4.90 Å². The molecule has 0 spiro atoms. The van der Waals surface area contributed by atoms with Crippen molar-refractivity contribution in [2.24, 2.45) is 0 Å². The number of para-hydroxylation sites is 2. The number of hydrogen-bond acceptors (Lipinski definition) is 4. The third kappa shape index (κ3) is 3.01. The Morgan fingerprint density at radius 3 is 2.62 bits per heavy atom. The number of carbonyl (C=O) groups excluding carboxylic acids is 1. The van der Waals surface area contributed by atoms with Gasteiger partial charge in [-0.2, -0.15) is 0 Å². The van der Waals surface area contributed by atoms with Crippen LogP contribution < -0.4 is 10.4 Å². The van der Waals surface area contributed by atoms with Gasteiger partial charge in [-0.15, -0.1) is 0 Å². The van der Waals surface area contributed by atoms with Gasteiger partial charge in [0.15, 0.2) is 0 Å². The van der Waals surface area contributed by atoms with Gasteiger partial charge in [-0.3, -0.25) is 4.79 Å². The quantitative estimate of drug-likeness (QED) is 0.692. The van der Waals surface area contributed by atoms with E-state index < -0.39 is 5.63 Å². The summed E-state index contributed by atoms with van der Waals surface area (Å²) in [5.41, 5.74) is 0.712. The van der Waals surface area contributed by atoms with Crippen LogP contribution in [0, 0.1) is 0 Å². The molecule has 1 heterocycles. The van der Waals surface area contributed by atoms with E-state index in [9.17, 15) is 9.59 Å². The first-order valence-electron chi connectivity index (χ1n) is 7.50. The number of ether oxygens (including phenoxy) is 1. The van der Waals surface area contributed by atoms with Gasteiger partial charge in [0.2, 0.25) is 0 Å². The smallest absolute Gasteiger partial charge is 0.349 e. The minimum Gasteiger partial charge on any atom is -0.496 e. The Labute approximate surface area is 139 Å². The Bertz CT molecular complexity index is 945. The van der Waals surface area contributed by atoms with Crippen molar-refractivity contribution in [3.63, 3.8) is 0 Å². The maximum absolute atomic E-state index is 12.6. The molecule has 0 atom stereocenters. The summed E-state index contributed by atoms with van der Waals surface area (Å²) >= 11 is 0. The number of methoxy groups -OCH3 is 1. The van der Waals surface area contributed by atoms with Crippen molar-refractivity contribution in [3.8, 4) is 5.75 Å². The number of benzene rings is 2. The highest BCUT2D eigenvalue weighted by atomic mass is 16.5. The van der Waals surface area contributed by atoms with Gasteiger partial charge in [-0.1, -0.05) is 36.4 Å². The molecule has 0 N–H and O–H groups in total. The molecule has 0 aliphatic carbocycles. The maximum atomic E-state index is 12.6. The number of carbonyl (C=O) groups is 1. The van der Waals surface area contributed by atoms with Gasteiger partial charge in [0.05, 0.1) is 7.11 Å². The Morgan fingerprint density at radius 2 is 1.83 bits per heavy atom. The second-order valence-corrected chi connectivity index (χ2v) is 5.46. The molecule has 2 aromatic carbocycles. The summed E-state index contributed by atoms with van der Waals surface area (Å²) in [5.74, 6) is 0.308. The van der Waals surface area contributed by atoms with E-state index in [0.29, 0.717) is 23.3 Å². The minimum absolute atomic E-state index is 0.0195. The summed E-state index contributed by atoms with van der Waals surface area (Å²) in [6.07, 6.45) is 0. The van der Waals surface area contributed by atoms with Crippen LogP contribution in [0.3, 0.4) is 0 Å². The van der Waals surface area contributed by atoms with Gasteiger partial charge in [-0.25, -0.2) is 4.79 Å². The number of nitrogens with zero attached hydrogens (tertiary/aromatic N) is 1. The highest BCUT2D eigenvalue weighted by Crippen LogP contribution is 2.20. The zero-order valence-corrected chi connectivity index (χ0v) is 13.5. The summed E-state index contributed by atoms with van der Waals surface area (Å²) in [7, 11) is 3.22. The summed E-state index contributed by atoms with van der Waals surface area (Å²) in [6, 6.07) is 16.1. The molecule has 5 nitrogen and oxygen atoms in total. The highest BCUT2D eigenvalue weighted by Gasteiger charge is 2.19. The van der Waals surface area contributed by atoms with Crippen LogP contribution in [-0.2, 0) is 6.54 Å². The van der Waals surface area contributed by atoms with Crippen molar-refractivity contribution in [1.82, 2.24) is 4.90 Å². The topological polar surface area (TPSA) is 59.8 Å². The van der Waals surface area contributed by atoms with E-state index in [-0.39, 0.29) is 11.5 Å². The Kier molecular flexibility index (Phi) is 4.33. The number of fused-ring (bicyclic) bond motifs is 1. The highest BCUT2D eigenvalue weighted by molar-refractivity contribution is 5.96. The van der Waals surface area contributed by atoms with Crippen molar-refractivity contribution in [2.45, 2.75) is 6.54 Å². The van der Waals surface area contributed by atoms with Crippen LogP contribution in [0.25, 0.3) is 11.0 Å². The molecule has 0 saturated carbocycles. The Morgan fingerprint density at radius 1 is 1.12 bits per heavy atom. The normalized spacial score (nSPS) is 10.6. The lowest BCUT2D eigenvalue weighted by Gasteiger charge is -2.18. The lowest BCUT2D eigenvalue weighted by molar-refractivity contribution is 0.0780. The molecular weight excluding hydrogens is 306 g/mol. The molecule has 0 unspecified atom stereocenters. The van der Waals surface area contributed by atoms with Crippen molar-refractivity contribution in [1.29, 1.82) is 0 Å². The van der Waals surface area contributed by atoms with Gasteiger partial charge in [0.1, 0.15) is 16.9 Å². The first-order chi connectivity index (χ1) is 11.6. The molecule has 3 aromatic rings. The average Bonchev–Trinajstić information content (AvgIpc) is 2.61. The molecule has 0 saturated heterocycles. The molecule has 0 aliphatic rings. The monoisotopic (exact) mass is 323 g/mol. The lowest BCUT2D eigenvalue weighted by atomic mass is 10.1. The van der Waals surface area contributed by atoms with Crippen molar-refractivity contribution < 1.29 is 13.9 Å².